The van der Waals surface area contributed by atoms with Crippen LogP contribution in [0.3, 0.4) is 0 Å². The van der Waals surface area contributed by atoms with E-state index in [1.807, 2.05) is 13.0 Å². The standard InChI is InChI=1S/C9H8ClIO/c1-5-3-7(11)4-8(10)9(5)6(2)12/h3-4H,1-2H3. The molecule has 3 heteroatoms. The molecule has 0 spiro atoms. The molecule has 1 aromatic carbocycles. The maximum Gasteiger partial charge on any atom is 0.161 e. The third kappa shape index (κ3) is 1.98. The highest BCUT2D eigenvalue weighted by atomic mass is 127. The van der Waals surface area contributed by atoms with Gasteiger partial charge >= 0.3 is 0 Å². The molecule has 0 N–H and O–H groups in total. The van der Waals surface area contributed by atoms with Gasteiger partial charge in [0.15, 0.2) is 5.78 Å². The molecule has 0 aliphatic heterocycles. The summed E-state index contributed by atoms with van der Waals surface area (Å²) in [4.78, 5) is 11.1. The number of aryl methyl sites for hydroxylation is 1. The Bertz CT molecular complexity index is 310. The Morgan fingerprint density at radius 3 is 2.50 bits per heavy atom. The van der Waals surface area contributed by atoms with E-state index in [4.69, 9.17) is 11.6 Å². The van der Waals surface area contributed by atoms with Crippen LogP contribution >= 0.6 is 34.2 Å². The monoisotopic (exact) mass is 294 g/mol. The van der Waals surface area contributed by atoms with Gasteiger partial charge in [-0.3, -0.25) is 4.79 Å². The molecule has 0 radical (unpaired) electrons. The second kappa shape index (κ2) is 3.75. The number of carbonyl (C=O) groups is 1. The van der Waals surface area contributed by atoms with E-state index >= 15 is 0 Å². The lowest BCUT2D eigenvalue weighted by atomic mass is 10.1. The first-order valence-corrected chi connectivity index (χ1v) is 4.94. The second-order valence-corrected chi connectivity index (χ2v) is 4.29. The zero-order chi connectivity index (χ0) is 9.30. The van der Waals surface area contributed by atoms with Crippen LogP contribution in [0.15, 0.2) is 12.1 Å². The van der Waals surface area contributed by atoms with Crippen LogP contribution in [0.1, 0.15) is 22.8 Å². The van der Waals surface area contributed by atoms with Crippen molar-refractivity contribution in [2.24, 2.45) is 0 Å². The highest BCUT2D eigenvalue weighted by Gasteiger charge is 2.09. The van der Waals surface area contributed by atoms with Crippen molar-refractivity contribution in [3.05, 3.63) is 31.9 Å². The van der Waals surface area contributed by atoms with E-state index in [0.717, 1.165) is 9.13 Å². The Balaban J connectivity index is 3.38. The summed E-state index contributed by atoms with van der Waals surface area (Å²) in [5.74, 6) is 0.0221. The summed E-state index contributed by atoms with van der Waals surface area (Å²) in [6.45, 7) is 3.42. The van der Waals surface area contributed by atoms with Crippen LogP contribution in [0, 0.1) is 10.5 Å². The van der Waals surface area contributed by atoms with E-state index in [2.05, 4.69) is 22.6 Å². The van der Waals surface area contributed by atoms with Gasteiger partial charge in [0.05, 0.1) is 5.02 Å². The summed E-state index contributed by atoms with van der Waals surface area (Å²) in [6, 6.07) is 3.75. The smallest absolute Gasteiger partial charge is 0.161 e. The van der Waals surface area contributed by atoms with E-state index in [0.29, 0.717) is 10.6 Å². The maximum atomic E-state index is 11.1. The van der Waals surface area contributed by atoms with Crippen LogP contribution in [-0.4, -0.2) is 5.78 Å². The molecule has 12 heavy (non-hydrogen) atoms. The van der Waals surface area contributed by atoms with Crippen molar-refractivity contribution in [3.63, 3.8) is 0 Å². The van der Waals surface area contributed by atoms with E-state index in [1.54, 1.807) is 6.07 Å². The Morgan fingerprint density at radius 1 is 1.50 bits per heavy atom. The summed E-state index contributed by atoms with van der Waals surface area (Å²) in [7, 11) is 0. The minimum Gasteiger partial charge on any atom is -0.294 e. The van der Waals surface area contributed by atoms with Crippen molar-refractivity contribution in [1.82, 2.24) is 0 Å². The predicted molar refractivity (Wildman–Crippen MR) is 58.9 cm³/mol. The summed E-state index contributed by atoms with van der Waals surface area (Å²) in [5, 5.41) is 0.548. The number of rotatable bonds is 1. The normalized spacial score (nSPS) is 10.0. The molecule has 1 aromatic rings. The highest BCUT2D eigenvalue weighted by Crippen LogP contribution is 2.23. The average Bonchev–Trinajstić information content (AvgIpc) is 1.82. The van der Waals surface area contributed by atoms with Crippen molar-refractivity contribution in [3.8, 4) is 0 Å². The van der Waals surface area contributed by atoms with Gasteiger partial charge in [0, 0.05) is 9.13 Å². The van der Waals surface area contributed by atoms with Crippen molar-refractivity contribution < 1.29 is 4.79 Å². The number of hydrogen-bond donors (Lipinski definition) is 0. The van der Waals surface area contributed by atoms with Gasteiger partial charge in [-0.1, -0.05) is 11.6 Å². The second-order valence-electron chi connectivity index (χ2n) is 2.64. The van der Waals surface area contributed by atoms with Gasteiger partial charge in [0.25, 0.3) is 0 Å². The lowest BCUT2D eigenvalue weighted by Gasteiger charge is -2.04. The zero-order valence-corrected chi connectivity index (χ0v) is 9.73. The molecule has 0 atom stereocenters. The number of benzene rings is 1. The fourth-order valence-corrected chi connectivity index (χ4v) is 2.51. The summed E-state index contributed by atoms with van der Waals surface area (Å²) in [6.07, 6.45) is 0. The molecule has 0 saturated carbocycles. The van der Waals surface area contributed by atoms with Crippen molar-refractivity contribution >= 4 is 40.0 Å². The van der Waals surface area contributed by atoms with Crippen LogP contribution in [-0.2, 0) is 0 Å². The van der Waals surface area contributed by atoms with Crippen molar-refractivity contribution in [1.29, 1.82) is 0 Å². The highest BCUT2D eigenvalue weighted by molar-refractivity contribution is 14.1. The lowest BCUT2D eigenvalue weighted by molar-refractivity contribution is 0.101. The van der Waals surface area contributed by atoms with Crippen LogP contribution < -0.4 is 0 Å². The Hall–Kier alpha value is -0.0900. The third-order valence-corrected chi connectivity index (χ3v) is 2.53. The lowest BCUT2D eigenvalue weighted by Crippen LogP contribution is -1.97. The molecule has 1 rings (SSSR count). The van der Waals surface area contributed by atoms with Crippen molar-refractivity contribution in [2.75, 3.05) is 0 Å². The van der Waals surface area contributed by atoms with E-state index in [1.165, 1.54) is 6.92 Å². The average molecular weight is 295 g/mol. The van der Waals surface area contributed by atoms with Gasteiger partial charge in [-0.05, 0) is 54.1 Å². The fourth-order valence-electron chi connectivity index (χ4n) is 1.15. The number of halogens is 2. The van der Waals surface area contributed by atoms with E-state index in [-0.39, 0.29) is 5.78 Å². The molecule has 0 aliphatic rings. The van der Waals surface area contributed by atoms with Gasteiger partial charge in [-0.25, -0.2) is 0 Å². The number of Topliss-reactive ketones (excluding diaryl/α,β-unsaturated/α-hetero) is 1. The minimum atomic E-state index is 0.0221. The SMILES string of the molecule is CC(=O)c1c(C)cc(I)cc1Cl. The van der Waals surface area contributed by atoms with Crippen LogP contribution in [0.4, 0.5) is 0 Å². The van der Waals surface area contributed by atoms with Gasteiger partial charge in [0.2, 0.25) is 0 Å². The molecule has 0 amide bonds. The first kappa shape index (κ1) is 9.99. The summed E-state index contributed by atoms with van der Waals surface area (Å²) < 4.78 is 1.06. The Labute approximate surface area is 90.3 Å². The molecule has 64 valence electrons. The topological polar surface area (TPSA) is 17.1 Å². The minimum absolute atomic E-state index is 0.0221. The summed E-state index contributed by atoms with van der Waals surface area (Å²) in [5.41, 5.74) is 1.58. The summed E-state index contributed by atoms with van der Waals surface area (Å²) >= 11 is 8.08. The quantitative estimate of drug-likeness (QED) is 0.573. The first-order chi connectivity index (χ1) is 5.52. The molecular weight excluding hydrogens is 286 g/mol. The van der Waals surface area contributed by atoms with Gasteiger partial charge in [-0.2, -0.15) is 0 Å². The maximum absolute atomic E-state index is 11.1. The first-order valence-electron chi connectivity index (χ1n) is 3.49. The third-order valence-electron chi connectivity index (χ3n) is 1.60. The Kier molecular flexibility index (Phi) is 3.12. The molecule has 0 heterocycles. The molecular formula is C9H8ClIO. The molecule has 0 bridgehead atoms. The van der Waals surface area contributed by atoms with Crippen molar-refractivity contribution in [2.45, 2.75) is 13.8 Å². The largest absolute Gasteiger partial charge is 0.294 e. The van der Waals surface area contributed by atoms with Crippen LogP contribution in [0.2, 0.25) is 5.02 Å². The van der Waals surface area contributed by atoms with Gasteiger partial charge in [0.1, 0.15) is 0 Å². The molecule has 1 nitrogen and oxygen atoms in total. The molecule has 0 saturated heterocycles. The number of ketones is 1. The van der Waals surface area contributed by atoms with E-state index < -0.39 is 0 Å². The Morgan fingerprint density at radius 2 is 2.08 bits per heavy atom. The fraction of sp³-hybridized carbons (Fsp3) is 0.222. The van der Waals surface area contributed by atoms with E-state index in [9.17, 15) is 4.79 Å². The predicted octanol–water partition coefficient (Wildman–Crippen LogP) is 3.46. The van der Waals surface area contributed by atoms with Gasteiger partial charge in [-0.15, -0.1) is 0 Å². The molecule has 0 aliphatic carbocycles. The van der Waals surface area contributed by atoms with Crippen LogP contribution in [0.25, 0.3) is 0 Å². The zero-order valence-electron chi connectivity index (χ0n) is 6.82. The van der Waals surface area contributed by atoms with Crippen LogP contribution in [0.5, 0.6) is 0 Å². The number of carbonyl (C=O) groups excluding carboxylic acids is 1. The molecule has 0 unspecified atom stereocenters. The molecule has 0 aromatic heterocycles. The van der Waals surface area contributed by atoms with Gasteiger partial charge < -0.3 is 0 Å². The number of hydrogen-bond acceptors (Lipinski definition) is 1. The molecule has 0 fully saturated rings.